The van der Waals surface area contributed by atoms with Crippen molar-refractivity contribution in [1.29, 1.82) is 0 Å². The standard InChI is InChI=1S/C21H29N3O4/c25-19(23-8-12-28-13-9-23)18-15-24(16-21(18)6-10-27-11-7-21)20(26)22-14-17-4-2-1-3-5-17/h1-5,18H,6-16H2,(H,22,26). The van der Waals surface area contributed by atoms with E-state index in [0.29, 0.717) is 59.2 Å². The third-order valence-corrected chi connectivity index (χ3v) is 6.33. The summed E-state index contributed by atoms with van der Waals surface area (Å²) in [6, 6.07) is 9.79. The van der Waals surface area contributed by atoms with Crippen LogP contribution in [-0.4, -0.2) is 74.3 Å². The van der Waals surface area contributed by atoms with Crippen molar-refractivity contribution in [3.63, 3.8) is 0 Å². The van der Waals surface area contributed by atoms with Gasteiger partial charge in [0.2, 0.25) is 5.91 Å². The van der Waals surface area contributed by atoms with E-state index >= 15 is 0 Å². The van der Waals surface area contributed by atoms with Crippen molar-refractivity contribution in [3.05, 3.63) is 35.9 Å². The molecule has 1 N–H and O–H groups in total. The molecular weight excluding hydrogens is 358 g/mol. The molecule has 7 nitrogen and oxygen atoms in total. The minimum absolute atomic E-state index is 0.0907. The van der Waals surface area contributed by atoms with E-state index in [2.05, 4.69) is 5.32 Å². The Balaban J connectivity index is 1.44. The highest BCUT2D eigenvalue weighted by Crippen LogP contribution is 2.45. The van der Waals surface area contributed by atoms with E-state index in [1.165, 1.54) is 0 Å². The summed E-state index contributed by atoms with van der Waals surface area (Å²) >= 11 is 0. The van der Waals surface area contributed by atoms with Gasteiger partial charge in [0.15, 0.2) is 0 Å². The maximum atomic E-state index is 13.3. The molecule has 0 radical (unpaired) electrons. The summed E-state index contributed by atoms with van der Waals surface area (Å²) in [6.07, 6.45) is 1.66. The van der Waals surface area contributed by atoms with Crippen LogP contribution in [0.25, 0.3) is 0 Å². The van der Waals surface area contributed by atoms with Crippen molar-refractivity contribution in [2.45, 2.75) is 19.4 Å². The van der Waals surface area contributed by atoms with Crippen LogP contribution in [0.5, 0.6) is 0 Å². The van der Waals surface area contributed by atoms with Gasteiger partial charge in [0.05, 0.1) is 19.1 Å². The third kappa shape index (κ3) is 4.00. The Labute approximate surface area is 166 Å². The van der Waals surface area contributed by atoms with Gasteiger partial charge in [-0.1, -0.05) is 30.3 Å². The highest BCUT2D eigenvalue weighted by molar-refractivity contribution is 5.83. The maximum Gasteiger partial charge on any atom is 0.317 e. The topological polar surface area (TPSA) is 71.1 Å². The number of benzene rings is 1. The molecule has 0 saturated carbocycles. The van der Waals surface area contributed by atoms with Crippen LogP contribution in [0.15, 0.2) is 30.3 Å². The molecule has 1 aromatic carbocycles. The summed E-state index contributed by atoms with van der Waals surface area (Å²) in [5, 5.41) is 3.01. The number of hydrogen-bond acceptors (Lipinski definition) is 4. The molecule has 1 aromatic rings. The molecule has 152 valence electrons. The van der Waals surface area contributed by atoms with Gasteiger partial charge in [-0.25, -0.2) is 4.79 Å². The van der Waals surface area contributed by atoms with Gasteiger partial charge in [-0.05, 0) is 18.4 Å². The predicted molar refractivity (Wildman–Crippen MR) is 104 cm³/mol. The lowest BCUT2D eigenvalue weighted by atomic mass is 9.71. The second-order valence-electron chi connectivity index (χ2n) is 7.99. The van der Waals surface area contributed by atoms with Crippen molar-refractivity contribution in [2.24, 2.45) is 11.3 Å². The zero-order valence-corrected chi connectivity index (χ0v) is 16.3. The molecular formula is C21H29N3O4. The van der Waals surface area contributed by atoms with Gasteiger partial charge in [-0.15, -0.1) is 0 Å². The van der Waals surface area contributed by atoms with E-state index in [-0.39, 0.29) is 23.3 Å². The van der Waals surface area contributed by atoms with Crippen LogP contribution in [0.1, 0.15) is 18.4 Å². The second kappa shape index (κ2) is 8.49. The number of hydrogen-bond donors (Lipinski definition) is 1. The van der Waals surface area contributed by atoms with Gasteiger partial charge in [0.25, 0.3) is 0 Å². The first-order valence-corrected chi connectivity index (χ1v) is 10.2. The van der Waals surface area contributed by atoms with Gasteiger partial charge in [-0.3, -0.25) is 4.79 Å². The van der Waals surface area contributed by atoms with Crippen molar-refractivity contribution < 1.29 is 19.1 Å². The zero-order valence-electron chi connectivity index (χ0n) is 16.3. The van der Waals surface area contributed by atoms with Gasteiger partial charge in [-0.2, -0.15) is 0 Å². The number of likely N-dealkylation sites (tertiary alicyclic amines) is 1. The number of morpholine rings is 1. The summed E-state index contributed by atoms with van der Waals surface area (Å²) in [7, 11) is 0. The number of carbonyl (C=O) groups is 2. The van der Waals surface area contributed by atoms with Crippen molar-refractivity contribution >= 4 is 11.9 Å². The van der Waals surface area contributed by atoms with Crippen molar-refractivity contribution in [2.75, 3.05) is 52.6 Å². The number of nitrogens with one attached hydrogen (secondary N) is 1. The Morgan fingerprint density at radius 3 is 2.39 bits per heavy atom. The number of ether oxygens (including phenoxy) is 2. The van der Waals surface area contributed by atoms with Crippen molar-refractivity contribution in [1.82, 2.24) is 15.1 Å². The first-order valence-electron chi connectivity index (χ1n) is 10.2. The predicted octanol–water partition coefficient (Wildman–Crippen LogP) is 1.48. The van der Waals surface area contributed by atoms with Gasteiger partial charge in [0, 0.05) is 51.4 Å². The lowest BCUT2D eigenvalue weighted by molar-refractivity contribution is -0.144. The van der Waals surface area contributed by atoms with Crippen LogP contribution < -0.4 is 5.32 Å². The van der Waals surface area contributed by atoms with Crippen LogP contribution in [0.2, 0.25) is 0 Å². The number of amides is 3. The molecule has 1 spiro atoms. The fourth-order valence-electron chi connectivity index (χ4n) is 4.64. The lowest BCUT2D eigenvalue weighted by Gasteiger charge is -2.39. The molecule has 0 aliphatic carbocycles. The van der Waals surface area contributed by atoms with Crippen LogP contribution in [0, 0.1) is 11.3 Å². The molecule has 3 fully saturated rings. The van der Waals surface area contributed by atoms with Crippen LogP contribution >= 0.6 is 0 Å². The summed E-state index contributed by atoms with van der Waals surface area (Å²) in [6.45, 7) is 5.39. The lowest BCUT2D eigenvalue weighted by Crippen LogP contribution is -2.49. The molecule has 3 amide bonds. The maximum absolute atomic E-state index is 13.3. The molecule has 3 aliphatic heterocycles. The van der Waals surface area contributed by atoms with Crippen molar-refractivity contribution in [3.8, 4) is 0 Å². The fraction of sp³-hybridized carbons (Fsp3) is 0.619. The van der Waals surface area contributed by atoms with E-state index in [9.17, 15) is 9.59 Å². The molecule has 3 aliphatic rings. The second-order valence-corrected chi connectivity index (χ2v) is 7.99. The molecule has 28 heavy (non-hydrogen) atoms. The monoisotopic (exact) mass is 387 g/mol. The van der Waals surface area contributed by atoms with E-state index in [4.69, 9.17) is 9.47 Å². The first kappa shape index (κ1) is 19.2. The SMILES string of the molecule is O=C(NCc1ccccc1)N1CC(C(=O)N2CCOCC2)C2(CCOCC2)C1. The summed E-state index contributed by atoms with van der Waals surface area (Å²) in [5.41, 5.74) is 0.898. The molecule has 3 saturated heterocycles. The molecule has 0 aromatic heterocycles. The quantitative estimate of drug-likeness (QED) is 0.853. The van der Waals surface area contributed by atoms with E-state index in [0.717, 1.165) is 18.4 Å². The summed E-state index contributed by atoms with van der Waals surface area (Å²) in [4.78, 5) is 29.9. The summed E-state index contributed by atoms with van der Waals surface area (Å²) in [5.74, 6) is 0.0144. The van der Waals surface area contributed by atoms with E-state index in [1.807, 2.05) is 40.1 Å². The average molecular weight is 387 g/mol. The third-order valence-electron chi connectivity index (χ3n) is 6.33. The largest absolute Gasteiger partial charge is 0.381 e. The van der Waals surface area contributed by atoms with Crippen LogP contribution in [0.4, 0.5) is 4.79 Å². The highest BCUT2D eigenvalue weighted by Gasteiger charge is 2.52. The van der Waals surface area contributed by atoms with Gasteiger partial charge >= 0.3 is 6.03 Å². The number of nitrogens with zero attached hydrogens (tertiary/aromatic N) is 2. The number of carbonyl (C=O) groups excluding carboxylic acids is 2. The van der Waals surface area contributed by atoms with Crippen LogP contribution in [0.3, 0.4) is 0 Å². The highest BCUT2D eigenvalue weighted by atomic mass is 16.5. The molecule has 0 bridgehead atoms. The van der Waals surface area contributed by atoms with Gasteiger partial charge < -0.3 is 24.6 Å². The Morgan fingerprint density at radius 1 is 1.00 bits per heavy atom. The normalized spacial score (nSPS) is 24.4. The minimum atomic E-state index is -0.169. The Hall–Kier alpha value is -2.12. The van der Waals surface area contributed by atoms with Crippen LogP contribution in [-0.2, 0) is 20.8 Å². The number of urea groups is 1. The Kier molecular flexibility index (Phi) is 5.82. The Morgan fingerprint density at radius 2 is 1.68 bits per heavy atom. The molecule has 1 unspecified atom stereocenters. The average Bonchev–Trinajstić information content (AvgIpc) is 3.12. The molecule has 7 heteroatoms. The first-order chi connectivity index (χ1) is 13.7. The zero-order chi connectivity index (χ0) is 19.4. The number of rotatable bonds is 3. The molecule has 3 heterocycles. The smallest absolute Gasteiger partial charge is 0.317 e. The minimum Gasteiger partial charge on any atom is -0.381 e. The van der Waals surface area contributed by atoms with E-state index in [1.54, 1.807) is 0 Å². The molecule has 4 rings (SSSR count). The summed E-state index contributed by atoms with van der Waals surface area (Å²) < 4.78 is 11.0. The fourth-order valence-corrected chi connectivity index (χ4v) is 4.64. The molecule has 1 atom stereocenters. The van der Waals surface area contributed by atoms with E-state index < -0.39 is 0 Å². The Bertz CT molecular complexity index is 684. The van der Waals surface area contributed by atoms with Gasteiger partial charge in [0.1, 0.15) is 0 Å².